The van der Waals surface area contributed by atoms with Gasteiger partial charge in [-0.1, -0.05) is 37.3 Å². The summed E-state index contributed by atoms with van der Waals surface area (Å²) in [5.41, 5.74) is 3.93. The van der Waals surface area contributed by atoms with Crippen molar-refractivity contribution in [1.29, 1.82) is 0 Å². The second-order valence-electron chi connectivity index (χ2n) is 4.77. The fourth-order valence-electron chi connectivity index (χ4n) is 2.33. The Bertz CT molecular complexity index is 777. The van der Waals surface area contributed by atoms with Crippen LogP contribution in [0.2, 0.25) is 0 Å². The summed E-state index contributed by atoms with van der Waals surface area (Å²) in [7, 11) is 0. The van der Waals surface area contributed by atoms with Gasteiger partial charge in [-0.05, 0) is 35.4 Å². The van der Waals surface area contributed by atoms with Gasteiger partial charge in [-0.3, -0.25) is 9.78 Å². The first kappa shape index (κ1) is 12.5. The van der Waals surface area contributed by atoms with Gasteiger partial charge in [0.05, 0.1) is 5.52 Å². The Morgan fingerprint density at radius 2 is 1.85 bits per heavy atom. The number of hydrogen-bond acceptors (Lipinski definition) is 2. The van der Waals surface area contributed by atoms with Crippen LogP contribution in [0, 0.1) is 0 Å². The second kappa shape index (κ2) is 5.25. The van der Waals surface area contributed by atoms with E-state index in [0.717, 1.165) is 27.6 Å². The largest absolute Gasteiger partial charge is 0.294 e. The first-order chi connectivity index (χ1) is 9.78. The van der Waals surface area contributed by atoms with E-state index in [-0.39, 0.29) is 5.78 Å². The molecule has 0 saturated carbocycles. The Balaban J connectivity index is 2.08. The zero-order chi connectivity index (χ0) is 13.9. The van der Waals surface area contributed by atoms with Crippen LogP contribution in [0.15, 0.2) is 60.8 Å². The molecule has 3 rings (SSSR count). The average Bonchev–Trinajstić information content (AvgIpc) is 2.53. The molecular weight excluding hydrogens is 246 g/mol. The molecule has 0 fully saturated rings. The Hall–Kier alpha value is -2.48. The first-order valence-electron chi connectivity index (χ1n) is 6.76. The number of benzene rings is 2. The quantitative estimate of drug-likeness (QED) is 0.650. The molecule has 0 saturated heterocycles. The second-order valence-corrected chi connectivity index (χ2v) is 4.77. The average molecular weight is 261 g/mol. The van der Waals surface area contributed by atoms with Crippen LogP contribution in [-0.4, -0.2) is 10.8 Å². The molecule has 20 heavy (non-hydrogen) atoms. The molecule has 3 aromatic rings. The lowest BCUT2D eigenvalue weighted by Gasteiger charge is -2.06. The van der Waals surface area contributed by atoms with Crippen molar-refractivity contribution in [2.24, 2.45) is 0 Å². The molecule has 2 heteroatoms. The van der Waals surface area contributed by atoms with Crippen LogP contribution >= 0.6 is 0 Å². The van der Waals surface area contributed by atoms with Crippen molar-refractivity contribution < 1.29 is 4.79 Å². The third-order valence-electron chi connectivity index (χ3n) is 3.44. The van der Waals surface area contributed by atoms with E-state index in [1.807, 2.05) is 55.5 Å². The molecule has 0 N–H and O–H groups in total. The van der Waals surface area contributed by atoms with E-state index in [2.05, 4.69) is 11.1 Å². The summed E-state index contributed by atoms with van der Waals surface area (Å²) in [6.07, 6.45) is 2.33. The zero-order valence-corrected chi connectivity index (χ0v) is 11.3. The summed E-state index contributed by atoms with van der Waals surface area (Å²) in [5.74, 6) is 0.175. The maximum Gasteiger partial charge on any atom is 0.162 e. The minimum atomic E-state index is 0.175. The highest BCUT2D eigenvalue weighted by Gasteiger charge is 2.05. The monoisotopic (exact) mass is 261 g/mol. The molecular formula is C18H15NO. The topological polar surface area (TPSA) is 30.0 Å². The van der Waals surface area contributed by atoms with Gasteiger partial charge in [-0.15, -0.1) is 0 Å². The van der Waals surface area contributed by atoms with E-state index in [1.165, 1.54) is 0 Å². The van der Waals surface area contributed by atoms with Gasteiger partial charge >= 0.3 is 0 Å². The molecule has 2 nitrogen and oxygen atoms in total. The summed E-state index contributed by atoms with van der Waals surface area (Å²) >= 11 is 0. The molecule has 1 heterocycles. The number of Topliss-reactive ketones (excluding diaryl/α,β-unsaturated/α-hetero) is 1. The van der Waals surface area contributed by atoms with Crippen molar-refractivity contribution in [3.8, 4) is 11.1 Å². The number of carbonyl (C=O) groups excluding carboxylic acids is 1. The van der Waals surface area contributed by atoms with E-state index >= 15 is 0 Å². The molecule has 2 aromatic carbocycles. The summed E-state index contributed by atoms with van der Waals surface area (Å²) < 4.78 is 0. The Labute approximate surface area is 118 Å². The van der Waals surface area contributed by atoms with Crippen molar-refractivity contribution in [3.63, 3.8) is 0 Å². The number of hydrogen-bond donors (Lipinski definition) is 0. The lowest BCUT2D eigenvalue weighted by molar-refractivity contribution is 0.0988. The van der Waals surface area contributed by atoms with Gasteiger partial charge in [0, 0.05) is 23.6 Å². The summed E-state index contributed by atoms with van der Waals surface area (Å²) in [6, 6.07) is 18.0. The van der Waals surface area contributed by atoms with Crippen molar-refractivity contribution in [3.05, 3.63) is 66.4 Å². The van der Waals surface area contributed by atoms with Crippen LogP contribution in [0.1, 0.15) is 23.7 Å². The standard InChI is InChI=1S/C18H15NO/c1-2-18(20)16-6-3-5-13(12-16)14-8-9-17-15(11-14)7-4-10-19-17/h3-12H,2H2,1H3. The summed E-state index contributed by atoms with van der Waals surface area (Å²) in [5, 5.41) is 1.11. The molecule has 0 spiro atoms. The van der Waals surface area contributed by atoms with Crippen molar-refractivity contribution in [2.45, 2.75) is 13.3 Å². The van der Waals surface area contributed by atoms with Gasteiger partial charge in [-0.25, -0.2) is 0 Å². The number of pyridine rings is 1. The maximum atomic E-state index is 11.8. The first-order valence-corrected chi connectivity index (χ1v) is 6.76. The van der Waals surface area contributed by atoms with Crippen molar-refractivity contribution in [1.82, 2.24) is 4.98 Å². The van der Waals surface area contributed by atoms with Gasteiger partial charge < -0.3 is 0 Å². The van der Waals surface area contributed by atoms with Crippen LogP contribution in [0.25, 0.3) is 22.0 Å². The van der Waals surface area contributed by atoms with Crippen LogP contribution in [-0.2, 0) is 0 Å². The van der Waals surface area contributed by atoms with Gasteiger partial charge in [0.2, 0.25) is 0 Å². The number of fused-ring (bicyclic) bond motifs is 1. The van der Waals surface area contributed by atoms with Crippen LogP contribution in [0.5, 0.6) is 0 Å². The normalized spacial score (nSPS) is 10.7. The molecule has 98 valence electrons. The molecule has 0 amide bonds. The van der Waals surface area contributed by atoms with Gasteiger partial charge in [0.1, 0.15) is 0 Å². The maximum absolute atomic E-state index is 11.8. The smallest absolute Gasteiger partial charge is 0.162 e. The van der Waals surface area contributed by atoms with Crippen LogP contribution in [0.4, 0.5) is 0 Å². The van der Waals surface area contributed by atoms with E-state index < -0.39 is 0 Å². The Kier molecular flexibility index (Phi) is 3.30. The number of aromatic nitrogens is 1. The third-order valence-corrected chi connectivity index (χ3v) is 3.44. The van der Waals surface area contributed by atoms with E-state index in [9.17, 15) is 4.79 Å². The molecule has 0 radical (unpaired) electrons. The molecule has 0 bridgehead atoms. The SMILES string of the molecule is CCC(=O)c1cccc(-c2ccc3ncccc3c2)c1. The van der Waals surface area contributed by atoms with Crippen LogP contribution in [0.3, 0.4) is 0 Å². The Morgan fingerprint density at radius 1 is 1.00 bits per heavy atom. The number of carbonyl (C=O) groups is 1. The summed E-state index contributed by atoms with van der Waals surface area (Å²) in [4.78, 5) is 16.1. The van der Waals surface area contributed by atoms with Gasteiger partial charge in [0.15, 0.2) is 5.78 Å². The zero-order valence-electron chi connectivity index (χ0n) is 11.3. The number of nitrogens with zero attached hydrogens (tertiary/aromatic N) is 1. The third kappa shape index (κ3) is 2.32. The van der Waals surface area contributed by atoms with Gasteiger partial charge in [0.25, 0.3) is 0 Å². The van der Waals surface area contributed by atoms with E-state index in [4.69, 9.17) is 0 Å². The fourth-order valence-corrected chi connectivity index (χ4v) is 2.33. The molecule has 0 aliphatic carbocycles. The highest BCUT2D eigenvalue weighted by atomic mass is 16.1. The minimum Gasteiger partial charge on any atom is -0.294 e. The number of ketones is 1. The van der Waals surface area contributed by atoms with E-state index in [1.54, 1.807) is 6.20 Å². The number of rotatable bonds is 3. The highest BCUT2D eigenvalue weighted by Crippen LogP contribution is 2.24. The van der Waals surface area contributed by atoms with E-state index in [0.29, 0.717) is 6.42 Å². The molecule has 0 aliphatic rings. The van der Waals surface area contributed by atoms with Crippen molar-refractivity contribution >= 4 is 16.7 Å². The lowest BCUT2D eigenvalue weighted by atomic mass is 9.99. The highest BCUT2D eigenvalue weighted by molar-refractivity contribution is 5.97. The summed E-state index contributed by atoms with van der Waals surface area (Å²) in [6.45, 7) is 1.89. The Morgan fingerprint density at radius 3 is 2.70 bits per heavy atom. The molecule has 0 atom stereocenters. The molecule has 0 aliphatic heterocycles. The van der Waals surface area contributed by atoms with Gasteiger partial charge in [-0.2, -0.15) is 0 Å². The fraction of sp³-hybridized carbons (Fsp3) is 0.111. The minimum absolute atomic E-state index is 0.175. The predicted octanol–water partition coefficient (Wildman–Crippen LogP) is 4.49. The molecule has 0 unspecified atom stereocenters. The molecule has 1 aromatic heterocycles. The predicted molar refractivity (Wildman–Crippen MR) is 81.8 cm³/mol. The van der Waals surface area contributed by atoms with Crippen LogP contribution < -0.4 is 0 Å². The lowest BCUT2D eigenvalue weighted by Crippen LogP contribution is -1.96. The van der Waals surface area contributed by atoms with Crippen molar-refractivity contribution in [2.75, 3.05) is 0 Å².